The number of sulfonamides is 1. The summed E-state index contributed by atoms with van der Waals surface area (Å²) >= 11 is 14.9. The highest BCUT2D eigenvalue weighted by Crippen LogP contribution is 2.34. The van der Waals surface area contributed by atoms with Crippen LogP contribution in [-0.4, -0.2) is 92.2 Å². The van der Waals surface area contributed by atoms with Gasteiger partial charge in [-0.2, -0.15) is 0 Å². The van der Waals surface area contributed by atoms with Gasteiger partial charge < -0.3 is 30.3 Å². The molecule has 33 heteroatoms. The molecule has 0 aliphatic heterocycles. The molecule has 5 atom stereocenters. The SMILES string of the molecule is CC(C)C(NC(=O)c1cc2ccccc2s1)c1ccc(C(=O)NO)cc1.CC(C)[C@@H](NC(=O)c1cc(Cl)c(Cl)n1C)c1ccc(C(=O)NO)cc1.CC(NC(=O)c1cc2ccccc2s1)c1cccc(C(=O)NO)c1.CC(NS(=O)(=O)c1cccc2ccccc12)c1ccc(C(=O)NO)cc1.Cc1c(C(=O)NC(c2cccc(C(=O)NO)c2)C(C)C)oc2ccccc12. The van der Waals surface area contributed by atoms with Crippen molar-refractivity contribution in [2.75, 3.05) is 0 Å². The van der Waals surface area contributed by atoms with Gasteiger partial charge in [-0.1, -0.05) is 216 Å². The van der Waals surface area contributed by atoms with E-state index in [0.717, 1.165) is 58.8 Å². The van der Waals surface area contributed by atoms with E-state index < -0.39 is 45.6 Å². The Labute approximate surface area is 755 Å². The van der Waals surface area contributed by atoms with Crippen LogP contribution in [-0.2, 0) is 17.1 Å². The summed E-state index contributed by atoms with van der Waals surface area (Å²) in [7, 11) is -2.07. The molecule has 0 bridgehead atoms. The minimum absolute atomic E-state index is 0.0751. The zero-order valence-corrected chi connectivity index (χ0v) is 74.9. The van der Waals surface area contributed by atoms with Crippen molar-refractivity contribution >= 4 is 151 Å². The third kappa shape index (κ3) is 24.5. The summed E-state index contributed by atoms with van der Waals surface area (Å²) in [6, 6.07) is 72.8. The summed E-state index contributed by atoms with van der Waals surface area (Å²) in [6.45, 7) is 17.4. The Kier molecular flexibility index (Phi) is 33.9. The molecular formula is C95H95Cl2N11O17S3. The second kappa shape index (κ2) is 44.7. The Hall–Kier alpha value is -13.3. The van der Waals surface area contributed by atoms with Crippen LogP contribution in [0.2, 0.25) is 10.2 Å². The molecule has 0 saturated carbocycles. The maximum absolute atomic E-state index is 12.9. The third-order valence-electron chi connectivity index (χ3n) is 20.7. The Balaban J connectivity index is 0.000000167. The molecule has 0 aliphatic rings. The lowest BCUT2D eigenvalue weighted by Crippen LogP contribution is -2.33. The van der Waals surface area contributed by atoms with Crippen molar-refractivity contribution in [3.8, 4) is 0 Å². The fourth-order valence-electron chi connectivity index (χ4n) is 13.8. The average molecular weight is 1830 g/mol. The van der Waals surface area contributed by atoms with Gasteiger partial charge in [0.25, 0.3) is 53.2 Å². The number of benzene rings is 10. The van der Waals surface area contributed by atoms with Crippen molar-refractivity contribution in [3.63, 3.8) is 0 Å². The van der Waals surface area contributed by atoms with Crippen LogP contribution in [0.25, 0.3) is 41.9 Å². The van der Waals surface area contributed by atoms with Gasteiger partial charge in [-0.3, -0.25) is 69.2 Å². The number of nitrogens with zero attached hydrogens (tertiary/aromatic N) is 1. The van der Waals surface area contributed by atoms with Crippen molar-refractivity contribution < 1.29 is 82.0 Å². The Morgan fingerprint density at radius 3 is 1.20 bits per heavy atom. The molecule has 4 heterocycles. The number of hydrogen-bond acceptors (Lipinski definition) is 19. The molecule has 28 nitrogen and oxygen atoms in total. The fraction of sp³-hybridized carbons (Fsp3) is 0.189. The number of hydroxylamine groups is 5. The van der Waals surface area contributed by atoms with Crippen molar-refractivity contribution in [1.82, 2.24) is 58.0 Å². The lowest BCUT2D eigenvalue weighted by atomic mass is 9.94. The number of amides is 9. The fourth-order valence-corrected chi connectivity index (χ4v) is 17.5. The van der Waals surface area contributed by atoms with E-state index in [9.17, 15) is 51.6 Å². The first kappa shape index (κ1) is 96.9. The zero-order chi connectivity index (χ0) is 92.8. The number of thiophene rings is 2. The molecule has 4 unspecified atom stereocenters. The summed E-state index contributed by atoms with van der Waals surface area (Å²) in [5, 5.41) is 60.7. The number of aryl methyl sites for hydroxylation is 1. The highest BCUT2D eigenvalue weighted by molar-refractivity contribution is 7.89. The second-order valence-corrected chi connectivity index (χ2v) is 35.1. The second-order valence-electron chi connectivity index (χ2n) is 30.5. The molecule has 0 fully saturated rings. The first-order chi connectivity index (χ1) is 61.2. The molecule has 0 saturated heterocycles. The summed E-state index contributed by atoms with van der Waals surface area (Å²) in [5.41, 5.74) is 15.4. The zero-order valence-electron chi connectivity index (χ0n) is 70.9. The molecule has 9 amide bonds. The van der Waals surface area contributed by atoms with E-state index in [1.807, 2.05) is 171 Å². The molecule has 4 aromatic heterocycles. The number of hydrogen-bond donors (Lipinski definition) is 15. The van der Waals surface area contributed by atoms with Gasteiger partial charge >= 0.3 is 0 Å². The van der Waals surface area contributed by atoms with Crippen LogP contribution in [0.4, 0.5) is 0 Å². The van der Waals surface area contributed by atoms with Crippen molar-refractivity contribution in [1.29, 1.82) is 0 Å². The Bertz CT molecular complexity index is 6390. The molecule has 14 rings (SSSR count). The molecule has 0 aliphatic carbocycles. The number of furan rings is 1. The first-order valence-electron chi connectivity index (χ1n) is 40.1. The third-order valence-corrected chi connectivity index (χ3v) is 25.3. The van der Waals surface area contributed by atoms with Gasteiger partial charge in [0.05, 0.1) is 43.8 Å². The summed E-state index contributed by atoms with van der Waals surface area (Å²) in [6.07, 6.45) is 0. The Morgan fingerprint density at radius 2 is 0.750 bits per heavy atom. The standard InChI is InChI=1S/C21H22N2O4.C20H20N2O3S.C19H18N2O4S.C18H16N2O3S.C17H19Cl2N3O3/c1-12(2)18(14-7-6-8-15(11-14)20(24)23-26)22-21(25)19-13(3)16-9-4-5-10-17(16)27-19;1-12(2)18(13-7-9-14(10-8-13)19(23)22-25)21-20(24)17-11-15-5-3-4-6-16(15)26-17;1-13(14-9-11-16(12-10-14)19(22)20-23)21-26(24,25)18-8-4-6-15-5-2-3-7-17(15)18;1-11(12-6-4-7-14(9-12)17(21)20-23)19-18(22)16-10-13-5-2-3-8-15(13)24-16;1-9(2)14(10-4-6-11(7-5-10)16(23)21-25)20-17(24)13-8-12(18)15(19)22(13)3/h4-12,18,26H,1-3H3,(H,22,25)(H,23,24);3-12,18,25H,1-2H3,(H,21,24)(H,22,23);2-13,21,23H,1H3,(H,20,22);2-11,23H,1H3,(H,19,22)(H,20,21);4-9,14,25H,1-3H3,(H,20,24)(H,21,23)/t;;;;14-/m....1/s1. The predicted octanol–water partition coefficient (Wildman–Crippen LogP) is 18.2. The molecule has 0 spiro atoms. The highest BCUT2D eigenvalue weighted by atomic mass is 35.5. The van der Waals surface area contributed by atoms with Crippen LogP contribution in [0.5, 0.6) is 0 Å². The minimum atomic E-state index is -3.73. The van der Waals surface area contributed by atoms with Crippen molar-refractivity contribution in [2.24, 2.45) is 24.8 Å². The van der Waals surface area contributed by atoms with Crippen LogP contribution >= 0.6 is 45.9 Å². The number of rotatable bonds is 24. The molecule has 14 aromatic rings. The maximum Gasteiger partial charge on any atom is 0.287 e. The first-order valence-corrected chi connectivity index (χ1v) is 44.0. The molecule has 10 aromatic carbocycles. The molecule has 15 N–H and O–H groups in total. The van der Waals surface area contributed by atoms with E-state index in [2.05, 4.69) is 26.0 Å². The minimum Gasteiger partial charge on any atom is -0.451 e. The number of para-hydroxylation sites is 1. The predicted molar refractivity (Wildman–Crippen MR) is 492 cm³/mol. The van der Waals surface area contributed by atoms with Crippen LogP contribution in [0.15, 0.2) is 264 Å². The number of carbonyl (C=O) groups excluding carboxylic acids is 9. The van der Waals surface area contributed by atoms with E-state index in [1.54, 1.807) is 163 Å². The Morgan fingerprint density at radius 1 is 0.367 bits per heavy atom. The van der Waals surface area contributed by atoms with E-state index in [-0.39, 0.29) is 81.8 Å². The highest BCUT2D eigenvalue weighted by Gasteiger charge is 2.29. The smallest absolute Gasteiger partial charge is 0.287 e. The van der Waals surface area contributed by atoms with Gasteiger partial charge in [0.2, 0.25) is 10.0 Å². The quantitative estimate of drug-likeness (QED) is 0.0197. The maximum atomic E-state index is 12.9. The van der Waals surface area contributed by atoms with Crippen LogP contribution in [0, 0.1) is 24.7 Å². The van der Waals surface area contributed by atoms with Gasteiger partial charge in [0.15, 0.2) is 5.76 Å². The summed E-state index contributed by atoms with van der Waals surface area (Å²) < 4.78 is 37.8. The molecule has 0 radical (unpaired) electrons. The van der Waals surface area contributed by atoms with Gasteiger partial charge in [-0.05, 0) is 186 Å². The van der Waals surface area contributed by atoms with E-state index >= 15 is 0 Å². The van der Waals surface area contributed by atoms with Gasteiger partial charge in [-0.25, -0.2) is 40.5 Å². The lowest BCUT2D eigenvalue weighted by Gasteiger charge is -2.23. The number of aromatic nitrogens is 1. The normalized spacial score (nSPS) is 12.2. The number of fused-ring (bicyclic) bond motifs is 4. The average Bonchev–Trinajstić information content (AvgIpc) is 1.21. The topological polar surface area (TPSA) is 427 Å². The van der Waals surface area contributed by atoms with E-state index in [4.69, 9.17) is 53.7 Å². The van der Waals surface area contributed by atoms with Crippen LogP contribution in [0.3, 0.4) is 0 Å². The molecular weight excluding hydrogens is 1730 g/mol. The number of carbonyl (C=O) groups is 9. The van der Waals surface area contributed by atoms with Gasteiger partial charge in [0, 0.05) is 66.6 Å². The lowest BCUT2D eigenvalue weighted by molar-refractivity contribution is 0.0702. The summed E-state index contributed by atoms with van der Waals surface area (Å²) in [5.74, 6) is -3.19. The van der Waals surface area contributed by atoms with E-state index in [1.165, 1.54) is 45.4 Å². The van der Waals surface area contributed by atoms with Crippen LogP contribution in [0.1, 0.15) is 211 Å². The van der Waals surface area contributed by atoms with E-state index in [0.29, 0.717) is 64.4 Å². The summed E-state index contributed by atoms with van der Waals surface area (Å²) in [4.78, 5) is 110. The largest absolute Gasteiger partial charge is 0.451 e. The monoisotopic (exact) mass is 1830 g/mol. The van der Waals surface area contributed by atoms with Crippen molar-refractivity contribution in [2.45, 2.75) is 97.4 Å². The number of nitrogens with one attached hydrogen (secondary N) is 10. The van der Waals surface area contributed by atoms with Gasteiger partial charge in [-0.15, -0.1) is 22.7 Å². The molecule has 128 heavy (non-hydrogen) atoms. The van der Waals surface area contributed by atoms with Gasteiger partial charge in [0.1, 0.15) is 16.4 Å². The molecule has 664 valence electrons. The van der Waals surface area contributed by atoms with Crippen molar-refractivity contribution in [3.05, 3.63) is 347 Å². The number of halogens is 2. The van der Waals surface area contributed by atoms with Crippen LogP contribution < -0.4 is 53.4 Å².